The van der Waals surface area contributed by atoms with Crippen molar-refractivity contribution in [3.8, 4) is 0 Å². The van der Waals surface area contributed by atoms with Crippen LogP contribution in [0.2, 0.25) is 0 Å². The minimum Gasteiger partial charge on any atom is -0.459 e. The summed E-state index contributed by atoms with van der Waals surface area (Å²) in [7, 11) is 0. The fourth-order valence-corrected chi connectivity index (χ4v) is 2.42. The van der Waals surface area contributed by atoms with Crippen molar-refractivity contribution in [2.24, 2.45) is 0 Å². The number of anilines is 1. The smallest absolute Gasteiger partial charge is 0.315 e. The number of aromatic nitrogens is 1. The van der Waals surface area contributed by atoms with Gasteiger partial charge in [0.25, 0.3) is 5.91 Å². The van der Waals surface area contributed by atoms with Crippen LogP contribution in [0.15, 0.2) is 47.2 Å². The third-order valence-electron chi connectivity index (χ3n) is 3.69. The quantitative estimate of drug-likeness (QED) is 0.814. The van der Waals surface area contributed by atoms with Crippen LogP contribution < -0.4 is 5.32 Å². The summed E-state index contributed by atoms with van der Waals surface area (Å²) in [6.45, 7) is 1.28. The molecule has 0 radical (unpaired) electrons. The van der Waals surface area contributed by atoms with E-state index in [1.807, 2.05) is 0 Å². The molecule has 0 saturated carbocycles. The molecule has 3 amide bonds. The van der Waals surface area contributed by atoms with Crippen LogP contribution in [0.3, 0.4) is 0 Å². The molecule has 1 N–H and O–H groups in total. The molecular weight excluding hydrogens is 312 g/mol. The van der Waals surface area contributed by atoms with Gasteiger partial charge in [0.2, 0.25) is 0 Å². The van der Waals surface area contributed by atoms with Crippen LogP contribution in [-0.4, -0.2) is 58.7 Å². The van der Waals surface area contributed by atoms with Gasteiger partial charge in [-0.1, -0.05) is 6.07 Å². The number of pyridine rings is 1. The molecule has 0 spiro atoms. The summed E-state index contributed by atoms with van der Waals surface area (Å²) in [6, 6.07) is 8.28. The molecule has 0 aromatic carbocycles. The third-order valence-corrected chi connectivity index (χ3v) is 3.69. The third kappa shape index (κ3) is 3.43. The van der Waals surface area contributed by atoms with Crippen LogP contribution in [0.1, 0.15) is 10.6 Å². The zero-order valence-corrected chi connectivity index (χ0v) is 12.8. The molecule has 0 atom stereocenters. The number of piperazine rings is 1. The first-order chi connectivity index (χ1) is 11.6. The minimum atomic E-state index is -0.737. The summed E-state index contributed by atoms with van der Waals surface area (Å²) in [5.41, 5.74) is 0. The lowest BCUT2D eigenvalue weighted by atomic mass is 10.2. The number of furan rings is 1. The highest BCUT2D eigenvalue weighted by molar-refractivity contribution is 6.39. The Hall–Kier alpha value is -3.16. The maximum absolute atomic E-state index is 12.2. The van der Waals surface area contributed by atoms with Gasteiger partial charge in [0.15, 0.2) is 5.76 Å². The molecule has 0 aliphatic carbocycles. The first-order valence-electron chi connectivity index (χ1n) is 7.49. The van der Waals surface area contributed by atoms with Crippen molar-refractivity contribution in [2.75, 3.05) is 31.5 Å². The largest absolute Gasteiger partial charge is 0.459 e. The van der Waals surface area contributed by atoms with E-state index < -0.39 is 11.8 Å². The number of hydrogen-bond acceptors (Lipinski definition) is 5. The molecule has 1 aliphatic rings. The van der Waals surface area contributed by atoms with Crippen molar-refractivity contribution < 1.29 is 18.8 Å². The van der Waals surface area contributed by atoms with E-state index in [0.29, 0.717) is 32.0 Å². The van der Waals surface area contributed by atoms with Gasteiger partial charge in [-0.25, -0.2) is 4.98 Å². The van der Waals surface area contributed by atoms with E-state index in [1.54, 1.807) is 35.2 Å². The van der Waals surface area contributed by atoms with Crippen molar-refractivity contribution in [1.82, 2.24) is 14.8 Å². The molecule has 1 fully saturated rings. The Labute approximate surface area is 138 Å². The Morgan fingerprint density at radius 3 is 2.38 bits per heavy atom. The van der Waals surface area contributed by atoms with E-state index in [4.69, 9.17) is 4.42 Å². The zero-order valence-electron chi connectivity index (χ0n) is 12.8. The molecule has 24 heavy (non-hydrogen) atoms. The molecule has 3 rings (SSSR count). The number of hydrogen-bond donors (Lipinski definition) is 1. The molecule has 0 bridgehead atoms. The number of carbonyl (C=O) groups is 3. The van der Waals surface area contributed by atoms with E-state index in [9.17, 15) is 14.4 Å². The van der Waals surface area contributed by atoms with E-state index in [2.05, 4.69) is 10.3 Å². The van der Waals surface area contributed by atoms with Crippen molar-refractivity contribution in [3.63, 3.8) is 0 Å². The van der Waals surface area contributed by atoms with E-state index in [1.165, 1.54) is 17.4 Å². The molecule has 1 saturated heterocycles. The number of amides is 3. The molecule has 8 heteroatoms. The van der Waals surface area contributed by atoms with Crippen molar-refractivity contribution in [2.45, 2.75) is 0 Å². The second-order valence-corrected chi connectivity index (χ2v) is 5.23. The molecule has 124 valence electrons. The van der Waals surface area contributed by atoms with Gasteiger partial charge < -0.3 is 19.5 Å². The van der Waals surface area contributed by atoms with Crippen molar-refractivity contribution in [1.29, 1.82) is 0 Å². The summed E-state index contributed by atoms with van der Waals surface area (Å²) < 4.78 is 5.08. The molecule has 2 aromatic heterocycles. The van der Waals surface area contributed by atoms with Crippen LogP contribution >= 0.6 is 0 Å². The second kappa shape index (κ2) is 6.95. The van der Waals surface area contributed by atoms with Crippen molar-refractivity contribution >= 4 is 23.5 Å². The lowest BCUT2D eigenvalue weighted by molar-refractivity contribution is -0.144. The number of carbonyl (C=O) groups excluding carboxylic acids is 3. The fraction of sp³-hybridized carbons (Fsp3) is 0.250. The summed E-state index contributed by atoms with van der Waals surface area (Å²) in [6.07, 6.45) is 2.97. The Morgan fingerprint density at radius 1 is 1.00 bits per heavy atom. The maximum Gasteiger partial charge on any atom is 0.315 e. The summed E-state index contributed by atoms with van der Waals surface area (Å²) in [4.78, 5) is 43.3. The van der Waals surface area contributed by atoms with E-state index in [-0.39, 0.29) is 11.7 Å². The normalized spacial score (nSPS) is 14.3. The van der Waals surface area contributed by atoms with Crippen LogP contribution in [0.4, 0.5) is 5.82 Å². The number of rotatable bonds is 2. The second-order valence-electron chi connectivity index (χ2n) is 5.23. The van der Waals surface area contributed by atoms with Gasteiger partial charge >= 0.3 is 11.8 Å². The highest BCUT2D eigenvalue weighted by atomic mass is 16.3. The summed E-state index contributed by atoms with van der Waals surface area (Å²) >= 11 is 0. The number of nitrogens with one attached hydrogen (secondary N) is 1. The predicted molar refractivity (Wildman–Crippen MR) is 84.1 cm³/mol. The van der Waals surface area contributed by atoms with Crippen LogP contribution in [0.25, 0.3) is 0 Å². The molecule has 2 aromatic rings. The SMILES string of the molecule is O=C(Nc1ccccn1)C(=O)N1CCN(C(=O)c2ccco2)CC1. The summed E-state index contributed by atoms with van der Waals surface area (Å²) in [5, 5.41) is 2.46. The Bertz CT molecular complexity index is 722. The van der Waals surface area contributed by atoms with Gasteiger partial charge in [-0.3, -0.25) is 14.4 Å². The first-order valence-corrected chi connectivity index (χ1v) is 7.49. The van der Waals surface area contributed by atoms with Gasteiger partial charge in [0.1, 0.15) is 5.82 Å². The molecule has 0 unspecified atom stereocenters. The first kappa shape index (κ1) is 15.7. The van der Waals surface area contributed by atoms with Gasteiger partial charge in [-0.2, -0.15) is 0 Å². The fourth-order valence-electron chi connectivity index (χ4n) is 2.42. The average Bonchev–Trinajstić information content (AvgIpc) is 3.16. The van der Waals surface area contributed by atoms with E-state index >= 15 is 0 Å². The molecule has 3 heterocycles. The number of nitrogens with zero attached hydrogens (tertiary/aromatic N) is 3. The summed E-state index contributed by atoms with van der Waals surface area (Å²) in [5.74, 6) is -1.000. The van der Waals surface area contributed by atoms with Gasteiger partial charge in [-0.05, 0) is 24.3 Å². The standard InChI is InChI=1S/C16H16N4O4/c21-14(18-13-5-1-2-6-17-13)16(23)20-9-7-19(8-10-20)15(22)12-4-3-11-24-12/h1-6,11H,7-10H2,(H,17,18,21). The highest BCUT2D eigenvalue weighted by Crippen LogP contribution is 2.10. The predicted octanol–water partition coefficient (Wildman–Crippen LogP) is 0.598. The zero-order chi connectivity index (χ0) is 16.9. The Kier molecular flexibility index (Phi) is 4.55. The van der Waals surface area contributed by atoms with Crippen LogP contribution in [-0.2, 0) is 9.59 Å². The van der Waals surface area contributed by atoms with Crippen LogP contribution in [0, 0.1) is 0 Å². The lowest BCUT2D eigenvalue weighted by Gasteiger charge is -2.33. The molecule has 8 nitrogen and oxygen atoms in total. The van der Waals surface area contributed by atoms with Crippen molar-refractivity contribution in [3.05, 3.63) is 48.6 Å². The monoisotopic (exact) mass is 328 g/mol. The van der Waals surface area contributed by atoms with E-state index in [0.717, 1.165) is 0 Å². The van der Waals surface area contributed by atoms with Gasteiger partial charge in [-0.15, -0.1) is 0 Å². The minimum absolute atomic E-state index is 0.218. The van der Waals surface area contributed by atoms with Gasteiger partial charge in [0.05, 0.1) is 6.26 Å². The van der Waals surface area contributed by atoms with Gasteiger partial charge in [0, 0.05) is 32.4 Å². The molecule has 1 aliphatic heterocycles. The maximum atomic E-state index is 12.2. The van der Waals surface area contributed by atoms with Crippen LogP contribution in [0.5, 0.6) is 0 Å². The molecular formula is C16H16N4O4. The lowest BCUT2D eigenvalue weighted by Crippen LogP contribution is -2.53. The average molecular weight is 328 g/mol. The Balaban J connectivity index is 1.53. The topological polar surface area (TPSA) is 95.8 Å². The highest BCUT2D eigenvalue weighted by Gasteiger charge is 2.29. The Morgan fingerprint density at radius 2 is 1.75 bits per heavy atom.